The number of aliphatic hydroxyl groups is 1. The van der Waals surface area contributed by atoms with Gasteiger partial charge in [-0.15, -0.1) is 0 Å². The molecule has 0 saturated carbocycles. The standard InChI is InChI=1S/C16H18N2O2/c1-3-15(19)13-6-7-18(10-13)11-14-8-12(9-17)4-5-16(14)20-2/h4-8,10,15,19H,3,11H2,1-2H3. The number of benzene rings is 1. The van der Waals surface area contributed by atoms with Crippen molar-refractivity contribution >= 4 is 0 Å². The number of nitrogens with zero attached hydrogens (tertiary/aromatic N) is 2. The number of methoxy groups -OCH3 is 1. The topological polar surface area (TPSA) is 58.2 Å². The molecule has 0 amide bonds. The second-order valence-electron chi connectivity index (χ2n) is 4.68. The van der Waals surface area contributed by atoms with Gasteiger partial charge in [-0.05, 0) is 36.2 Å². The Labute approximate surface area is 118 Å². The van der Waals surface area contributed by atoms with Gasteiger partial charge in [0.1, 0.15) is 5.75 Å². The van der Waals surface area contributed by atoms with Crippen LogP contribution in [0.3, 0.4) is 0 Å². The van der Waals surface area contributed by atoms with E-state index < -0.39 is 6.10 Å². The van der Waals surface area contributed by atoms with E-state index in [2.05, 4.69) is 6.07 Å². The minimum absolute atomic E-state index is 0.427. The fraction of sp³-hybridized carbons (Fsp3) is 0.312. The summed E-state index contributed by atoms with van der Waals surface area (Å²) < 4.78 is 7.30. The van der Waals surface area contributed by atoms with Crippen molar-refractivity contribution in [1.29, 1.82) is 5.26 Å². The summed E-state index contributed by atoms with van der Waals surface area (Å²) in [5.41, 5.74) is 2.46. The summed E-state index contributed by atoms with van der Waals surface area (Å²) in [6.45, 7) is 2.55. The zero-order chi connectivity index (χ0) is 14.5. The molecule has 0 aliphatic rings. The van der Waals surface area contributed by atoms with Crippen LogP contribution in [0.1, 0.15) is 36.1 Å². The first-order chi connectivity index (χ1) is 9.67. The van der Waals surface area contributed by atoms with Crippen molar-refractivity contribution in [1.82, 2.24) is 4.57 Å². The average molecular weight is 270 g/mol. The van der Waals surface area contributed by atoms with Crippen molar-refractivity contribution < 1.29 is 9.84 Å². The first kappa shape index (κ1) is 14.2. The van der Waals surface area contributed by atoms with Crippen molar-refractivity contribution in [3.63, 3.8) is 0 Å². The number of hydrogen-bond acceptors (Lipinski definition) is 3. The lowest BCUT2D eigenvalue weighted by Gasteiger charge is -2.10. The van der Waals surface area contributed by atoms with Crippen LogP contribution in [-0.2, 0) is 6.54 Å². The van der Waals surface area contributed by atoms with Gasteiger partial charge in [-0.25, -0.2) is 0 Å². The number of ether oxygens (including phenoxy) is 1. The minimum Gasteiger partial charge on any atom is -0.496 e. The molecule has 1 N–H and O–H groups in total. The minimum atomic E-state index is -0.427. The molecule has 0 radical (unpaired) electrons. The van der Waals surface area contributed by atoms with Crippen LogP contribution < -0.4 is 4.74 Å². The van der Waals surface area contributed by atoms with Crippen LogP contribution in [0.25, 0.3) is 0 Å². The molecular formula is C16H18N2O2. The van der Waals surface area contributed by atoms with E-state index in [-0.39, 0.29) is 0 Å². The molecule has 0 aliphatic heterocycles. The number of aliphatic hydroxyl groups excluding tert-OH is 1. The van der Waals surface area contributed by atoms with Crippen LogP contribution in [0.15, 0.2) is 36.7 Å². The second-order valence-corrected chi connectivity index (χ2v) is 4.68. The smallest absolute Gasteiger partial charge is 0.123 e. The van der Waals surface area contributed by atoms with Gasteiger partial charge in [-0.3, -0.25) is 0 Å². The predicted octanol–water partition coefficient (Wildman–Crippen LogP) is 2.86. The van der Waals surface area contributed by atoms with Gasteiger partial charge in [0, 0.05) is 18.0 Å². The van der Waals surface area contributed by atoms with Crippen molar-refractivity contribution in [2.24, 2.45) is 0 Å². The molecular weight excluding hydrogens is 252 g/mol. The lowest BCUT2D eigenvalue weighted by molar-refractivity contribution is 0.173. The Morgan fingerprint density at radius 2 is 2.20 bits per heavy atom. The third-order valence-corrected chi connectivity index (χ3v) is 3.31. The second kappa shape index (κ2) is 6.27. The van der Waals surface area contributed by atoms with Crippen LogP contribution in [0, 0.1) is 11.3 Å². The molecule has 4 nitrogen and oxygen atoms in total. The average Bonchev–Trinajstić information content (AvgIpc) is 2.94. The van der Waals surface area contributed by atoms with E-state index in [0.29, 0.717) is 18.5 Å². The van der Waals surface area contributed by atoms with Gasteiger partial charge in [0.25, 0.3) is 0 Å². The fourth-order valence-electron chi connectivity index (χ4n) is 2.16. The number of aromatic nitrogens is 1. The van der Waals surface area contributed by atoms with E-state index in [1.165, 1.54) is 0 Å². The third kappa shape index (κ3) is 3.01. The maximum absolute atomic E-state index is 9.81. The predicted molar refractivity (Wildman–Crippen MR) is 76.5 cm³/mol. The molecule has 2 rings (SSSR count). The van der Waals surface area contributed by atoms with E-state index in [1.807, 2.05) is 36.0 Å². The number of rotatable bonds is 5. The molecule has 1 aromatic carbocycles. The van der Waals surface area contributed by atoms with Gasteiger partial charge >= 0.3 is 0 Å². The molecule has 0 spiro atoms. The molecule has 1 aromatic heterocycles. The maximum Gasteiger partial charge on any atom is 0.123 e. The van der Waals surface area contributed by atoms with E-state index in [4.69, 9.17) is 10.00 Å². The molecule has 0 fully saturated rings. The highest BCUT2D eigenvalue weighted by Crippen LogP contribution is 2.22. The summed E-state index contributed by atoms with van der Waals surface area (Å²) in [6, 6.07) is 9.42. The number of hydrogen-bond donors (Lipinski definition) is 1. The molecule has 1 atom stereocenters. The Morgan fingerprint density at radius 3 is 2.85 bits per heavy atom. The van der Waals surface area contributed by atoms with E-state index in [9.17, 15) is 5.11 Å². The summed E-state index contributed by atoms with van der Waals surface area (Å²) in [6.07, 6.45) is 4.11. The first-order valence-corrected chi connectivity index (χ1v) is 6.58. The van der Waals surface area contributed by atoms with Crippen molar-refractivity contribution in [3.8, 4) is 11.8 Å². The Hall–Kier alpha value is -2.25. The maximum atomic E-state index is 9.81. The molecule has 0 aliphatic carbocycles. The summed E-state index contributed by atoms with van der Waals surface area (Å²) in [4.78, 5) is 0. The van der Waals surface area contributed by atoms with Gasteiger partial charge in [0.2, 0.25) is 0 Å². The normalized spacial score (nSPS) is 11.9. The summed E-state index contributed by atoms with van der Waals surface area (Å²) in [5, 5.41) is 18.8. The quantitative estimate of drug-likeness (QED) is 0.908. The Balaban J connectivity index is 2.25. The Kier molecular flexibility index (Phi) is 4.44. The van der Waals surface area contributed by atoms with Crippen molar-refractivity contribution in [3.05, 3.63) is 53.3 Å². The Bertz CT molecular complexity index is 626. The van der Waals surface area contributed by atoms with Gasteiger partial charge in [-0.1, -0.05) is 6.92 Å². The zero-order valence-electron chi connectivity index (χ0n) is 11.7. The summed E-state index contributed by atoms with van der Waals surface area (Å²) in [7, 11) is 1.62. The molecule has 1 unspecified atom stereocenters. The van der Waals surface area contributed by atoms with E-state index >= 15 is 0 Å². The summed E-state index contributed by atoms with van der Waals surface area (Å²) >= 11 is 0. The van der Waals surface area contributed by atoms with Gasteiger partial charge in [0.15, 0.2) is 0 Å². The molecule has 1 heterocycles. The van der Waals surface area contributed by atoms with E-state index in [0.717, 1.165) is 16.9 Å². The first-order valence-electron chi connectivity index (χ1n) is 6.58. The largest absolute Gasteiger partial charge is 0.496 e. The molecule has 104 valence electrons. The van der Waals surface area contributed by atoms with E-state index in [1.54, 1.807) is 19.2 Å². The molecule has 2 aromatic rings. The van der Waals surface area contributed by atoms with Gasteiger partial charge < -0.3 is 14.4 Å². The summed E-state index contributed by atoms with van der Waals surface area (Å²) in [5.74, 6) is 0.760. The zero-order valence-corrected chi connectivity index (χ0v) is 11.7. The number of nitriles is 1. The third-order valence-electron chi connectivity index (χ3n) is 3.31. The van der Waals surface area contributed by atoms with Gasteiger partial charge in [0.05, 0.1) is 31.4 Å². The highest BCUT2D eigenvalue weighted by atomic mass is 16.5. The lowest BCUT2D eigenvalue weighted by atomic mass is 10.1. The van der Waals surface area contributed by atoms with Crippen LogP contribution >= 0.6 is 0 Å². The highest BCUT2D eigenvalue weighted by Gasteiger charge is 2.09. The van der Waals surface area contributed by atoms with Crippen LogP contribution in [0.2, 0.25) is 0 Å². The molecule has 4 heteroatoms. The van der Waals surface area contributed by atoms with Crippen LogP contribution in [-0.4, -0.2) is 16.8 Å². The monoisotopic (exact) mass is 270 g/mol. The lowest BCUT2D eigenvalue weighted by Crippen LogP contribution is -2.01. The molecule has 20 heavy (non-hydrogen) atoms. The molecule has 0 bridgehead atoms. The SMILES string of the molecule is CCC(O)c1ccn(Cc2cc(C#N)ccc2OC)c1. The van der Waals surface area contributed by atoms with Crippen LogP contribution in [0.4, 0.5) is 0 Å². The van der Waals surface area contributed by atoms with Crippen LogP contribution in [0.5, 0.6) is 5.75 Å². The van der Waals surface area contributed by atoms with Gasteiger partial charge in [-0.2, -0.15) is 5.26 Å². The highest BCUT2D eigenvalue weighted by molar-refractivity contribution is 5.42. The van der Waals surface area contributed by atoms with Crippen molar-refractivity contribution in [2.45, 2.75) is 26.0 Å². The Morgan fingerprint density at radius 1 is 1.40 bits per heavy atom. The van der Waals surface area contributed by atoms with Crippen molar-refractivity contribution in [2.75, 3.05) is 7.11 Å². The fourth-order valence-corrected chi connectivity index (χ4v) is 2.16. The molecule has 0 saturated heterocycles.